The van der Waals surface area contributed by atoms with Crippen molar-refractivity contribution in [3.05, 3.63) is 12.2 Å². The maximum absolute atomic E-state index is 5.55. The van der Waals surface area contributed by atoms with Gasteiger partial charge in [-0.25, -0.2) is 0 Å². The Hall–Kier alpha value is -0.570. The van der Waals surface area contributed by atoms with Crippen LogP contribution in [0.4, 0.5) is 0 Å². The summed E-state index contributed by atoms with van der Waals surface area (Å²) < 4.78 is 0. The van der Waals surface area contributed by atoms with Crippen LogP contribution in [0.3, 0.4) is 0 Å². The number of thiocarbonyl (C=S) groups is 1. The Balaban J connectivity index is 1.50. The first kappa shape index (κ1) is 14.4. The van der Waals surface area contributed by atoms with Crippen LogP contribution >= 0.6 is 12.2 Å². The van der Waals surface area contributed by atoms with Crippen molar-refractivity contribution in [2.45, 2.75) is 65.0 Å². The highest BCUT2D eigenvalue weighted by Crippen LogP contribution is 2.40. The van der Waals surface area contributed by atoms with Crippen LogP contribution in [0.1, 0.15) is 52.9 Å². The molecule has 0 aromatic rings. The largest absolute Gasteiger partial charge is 0.360 e. The van der Waals surface area contributed by atoms with E-state index in [1.165, 1.54) is 32.1 Å². The molecule has 0 saturated heterocycles. The summed E-state index contributed by atoms with van der Waals surface area (Å²) in [5, 5.41) is 8.04. The second-order valence-electron chi connectivity index (χ2n) is 8.11. The maximum atomic E-state index is 5.55. The van der Waals surface area contributed by atoms with Gasteiger partial charge in [0.25, 0.3) is 0 Å². The highest BCUT2D eigenvalue weighted by atomic mass is 32.1. The average Bonchev–Trinajstić information content (AvgIpc) is 2.87. The highest BCUT2D eigenvalue weighted by Gasteiger charge is 2.36. The third kappa shape index (κ3) is 3.19. The summed E-state index contributed by atoms with van der Waals surface area (Å²) in [6.07, 6.45) is 11.2. The molecule has 5 atom stereocenters. The topological polar surface area (TPSA) is 24.1 Å². The van der Waals surface area contributed by atoms with Crippen molar-refractivity contribution in [2.24, 2.45) is 23.2 Å². The molecule has 0 aromatic heterocycles. The number of allylic oxidation sites excluding steroid dienone is 1. The summed E-state index contributed by atoms with van der Waals surface area (Å²) in [5.74, 6) is 2.31. The first-order valence-corrected chi connectivity index (χ1v) is 8.57. The maximum Gasteiger partial charge on any atom is 0.166 e. The first-order chi connectivity index (χ1) is 9.41. The first-order valence-electron chi connectivity index (χ1n) is 8.17. The van der Waals surface area contributed by atoms with Crippen molar-refractivity contribution in [3.8, 4) is 0 Å². The molecule has 0 aliphatic heterocycles. The zero-order chi connectivity index (χ0) is 14.3. The van der Waals surface area contributed by atoms with Gasteiger partial charge >= 0.3 is 0 Å². The zero-order valence-corrected chi connectivity index (χ0v) is 13.8. The number of hydrogen-bond donors (Lipinski definition) is 2. The summed E-state index contributed by atoms with van der Waals surface area (Å²) >= 11 is 5.55. The minimum Gasteiger partial charge on any atom is -0.360 e. The van der Waals surface area contributed by atoms with Crippen molar-refractivity contribution < 1.29 is 0 Å². The van der Waals surface area contributed by atoms with E-state index in [-0.39, 0.29) is 0 Å². The fraction of sp³-hybridized carbons (Fsp3) is 0.824. The highest BCUT2D eigenvalue weighted by molar-refractivity contribution is 7.80. The van der Waals surface area contributed by atoms with Gasteiger partial charge in [-0.1, -0.05) is 32.9 Å². The van der Waals surface area contributed by atoms with Crippen LogP contribution in [0.15, 0.2) is 12.2 Å². The smallest absolute Gasteiger partial charge is 0.166 e. The van der Waals surface area contributed by atoms with Crippen molar-refractivity contribution in [1.29, 1.82) is 0 Å². The molecule has 2 bridgehead atoms. The molecule has 0 aromatic carbocycles. The Morgan fingerprint density at radius 3 is 2.50 bits per heavy atom. The third-order valence-corrected chi connectivity index (χ3v) is 5.55. The lowest BCUT2D eigenvalue weighted by molar-refractivity contribution is 0.161. The predicted molar refractivity (Wildman–Crippen MR) is 88.6 cm³/mol. The summed E-state index contributed by atoms with van der Waals surface area (Å²) in [7, 11) is 0. The van der Waals surface area contributed by atoms with E-state index in [1.54, 1.807) is 0 Å². The molecule has 2 nitrogen and oxygen atoms in total. The van der Waals surface area contributed by atoms with Gasteiger partial charge in [0.05, 0.1) is 0 Å². The average molecular weight is 292 g/mol. The number of nitrogens with one attached hydrogen (secondary N) is 2. The predicted octanol–water partition coefficient (Wildman–Crippen LogP) is 3.63. The second-order valence-corrected chi connectivity index (χ2v) is 8.52. The van der Waals surface area contributed by atoms with Gasteiger partial charge < -0.3 is 10.6 Å². The Kier molecular flexibility index (Phi) is 3.83. The summed E-state index contributed by atoms with van der Waals surface area (Å²) in [6, 6.07) is 1.11. The zero-order valence-electron chi connectivity index (χ0n) is 13.0. The lowest BCUT2D eigenvalue weighted by Gasteiger charge is -2.40. The van der Waals surface area contributed by atoms with Crippen LogP contribution in [0.5, 0.6) is 0 Å². The summed E-state index contributed by atoms with van der Waals surface area (Å²) in [5.41, 5.74) is 0.445. The van der Waals surface area contributed by atoms with E-state index in [9.17, 15) is 0 Å². The molecule has 2 saturated carbocycles. The van der Waals surface area contributed by atoms with Gasteiger partial charge in [-0.2, -0.15) is 0 Å². The molecule has 0 unspecified atom stereocenters. The Morgan fingerprint density at radius 2 is 1.90 bits per heavy atom. The fourth-order valence-electron chi connectivity index (χ4n) is 4.80. The molecule has 112 valence electrons. The van der Waals surface area contributed by atoms with Gasteiger partial charge in [-0.05, 0) is 67.5 Å². The molecule has 0 amide bonds. The lowest BCUT2D eigenvalue weighted by atomic mass is 9.71. The molecule has 3 aliphatic carbocycles. The van der Waals surface area contributed by atoms with E-state index in [4.69, 9.17) is 12.2 Å². The van der Waals surface area contributed by atoms with E-state index in [2.05, 4.69) is 43.6 Å². The van der Waals surface area contributed by atoms with E-state index >= 15 is 0 Å². The van der Waals surface area contributed by atoms with Gasteiger partial charge in [-0.3, -0.25) is 0 Å². The SMILES string of the molecule is C[C@@H]1C[C@@H](NC(=S)N[C@@H]2C[C@H]3C=C[C@H]2C3)CC(C)(C)C1. The van der Waals surface area contributed by atoms with Gasteiger partial charge in [0.15, 0.2) is 5.11 Å². The van der Waals surface area contributed by atoms with Crippen LogP contribution in [0, 0.1) is 23.2 Å². The molecule has 3 heteroatoms. The van der Waals surface area contributed by atoms with E-state index < -0.39 is 0 Å². The van der Waals surface area contributed by atoms with Crippen LogP contribution < -0.4 is 10.6 Å². The van der Waals surface area contributed by atoms with E-state index in [0.29, 0.717) is 23.4 Å². The molecule has 0 spiro atoms. The van der Waals surface area contributed by atoms with E-state index in [1.807, 2.05) is 0 Å². The minimum absolute atomic E-state index is 0.445. The van der Waals surface area contributed by atoms with Gasteiger partial charge in [0.1, 0.15) is 0 Å². The number of fused-ring (bicyclic) bond motifs is 2. The number of rotatable bonds is 2. The molecule has 20 heavy (non-hydrogen) atoms. The van der Waals surface area contributed by atoms with Crippen LogP contribution in [0.25, 0.3) is 0 Å². The minimum atomic E-state index is 0.445. The monoisotopic (exact) mass is 292 g/mol. The molecule has 2 N–H and O–H groups in total. The molecule has 3 aliphatic rings. The summed E-state index contributed by atoms with van der Waals surface area (Å²) in [4.78, 5) is 0. The molecular formula is C17H28N2S. The normalized spacial score (nSPS) is 41.6. The number of hydrogen-bond acceptors (Lipinski definition) is 1. The van der Waals surface area contributed by atoms with Crippen molar-refractivity contribution in [1.82, 2.24) is 10.6 Å². The molecular weight excluding hydrogens is 264 g/mol. The summed E-state index contributed by atoms with van der Waals surface area (Å²) in [6.45, 7) is 7.13. The van der Waals surface area contributed by atoms with Gasteiger partial charge in [0.2, 0.25) is 0 Å². The quantitative estimate of drug-likeness (QED) is 0.600. The fourth-order valence-corrected chi connectivity index (χ4v) is 5.12. The van der Waals surface area contributed by atoms with E-state index in [0.717, 1.165) is 16.9 Å². The Labute approximate surface area is 128 Å². The molecule has 0 radical (unpaired) electrons. The van der Waals surface area contributed by atoms with Crippen molar-refractivity contribution in [2.75, 3.05) is 0 Å². The van der Waals surface area contributed by atoms with Gasteiger partial charge in [0, 0.05) is 12.1 Å². The van der Waals surface area contributed by atoms with Gasteiger partial charge in [-0.15, -0.1) is 0 Å². The second kappa shape index (κ2) is 5.32. The van der Waals surface area contributed by atoms with Crippen molar-refractivity contribution >= 4 is 17.3 Å². The van der Waals surface area contributed by atoms with Crippen LogP contribution in [-0.4, -0.2) is 17.2 Å². The Bertz CT molecular complexity index is 415. The standard InChI is InChI=1S/C17H28N2S/c1-11-6-14(10-17(2,3)9-11)18-16(20)19-15-8-12-4-5-13(15)7-12/h4-5,11-15H,6-10H2,1-3H3,(H2,18,19,20)/t11-,12+,13+,14-,15-/m1/s1. The third-order valence-electron chi connectivity index (χ3n) is 5.32. The molecule has 0 heterocycles. The lowest BCUT2D eigenvalue weighted by Crippen LogP contribution is -2.50. The van der Waals surface area contributed by atoms with Crippen molar-refractivity contribution in [3.63, 3.8) is 0 Å². The van der Waals surface area contributed by atoms with Crippen LogP contribution in [-0.2, 0) is 0 Å². The molecule has 2 fully saturated rings. The Morgan fingerprint density at radius 1 is 1.10 bits per heavy atom. The molecule has 3 rings (SSSR count). The van der Waals surface area contributed by atoms with Crippen LogP contribution in [0.2, 0.25) is 0 Å².